The Morgan fingerprint density at radius 2 is 0.551 bits per heavy atom. The zero-order valence-corrected chi connectivity index (χ0v) is 28.2. The van der Waals surface area contributed by atoms with E-state index >= 15 is 0 Å². The quantitative estimate of drug-likeness (QED) is 0.265. The molecule has 0 aliphatic heterocycles. The van der Waals surface area contributed by atoms with Gasteiger partial charge in [0.05, 0.1) is 22.3 Å². The summed E-state index contributed by atoms with van der Waals surface area (Å²) in [4.78, 5) is 0. The maximum atomic E-state index is 12.9. The van der Waals surface area contributed by atoms with Crippen LogP contribution in [-0.2, 0) is 45.6 Å². The third-order valence-electron chi connectivity index (χ3n) is 7.08. The Hall–Kier alpha value is -1.98. The third-order valence-corrected chi connectivity index (χ3v) is 7.08. The van der Waals surface area contributed by atoms with Gasteiger partial charge in [-0.2, -0.15) is 52.7 Å². The van der Waals surface area contributed by atoms with Crippen LogP contribution in [0.2, 0.25) is 0 Å². The number of hydrogen-bond acceptors (Lipinski definition) is 0. The van der Waals surface area contributed by atoms with Crippen molar-refractivity contribution >= 4 is 17.0 Å². The SMILES string of the molecule is FC(F)(F)c1cc([C]2[CH][C]3C=CC=C[C]3[CH]2)cc(C(F)(F)F)c1.FC(F)(F)c1cc([C]2[CH][C]3C=CC=C[C]3[CH]2)cc(C(F)(F)F)c1.[Cl][Zr+2][Cl]. The number of fused-ring (bicyclic) bond motifs is 2. The molecule has 0 unspecified atom stereocenters. The number of hydrogen-bond donors (Lipinski definition) is 0. The van der Waals surface area contributed by atoms with Crippen molar-refractivity contribution in [3.8, 4) is 0 Å². The van der Waals surface area contributed by atoms with Crippen molar-refractivity contribution in [1.82, 2.24) is 0 Å². The second-order valence-corrected chi connectivity index (χ2v) is 14.1. The predicted molar refractivity (Wildman–Crippen MR) is 156 cm³/mol. The molecular formula is C34H18Cl2F12Zr+2. The van der Waals surface area contributed by atoms with Crippen LogP contribution < -0.4 is 0 Å². The molecule has 49 heavy (non-hydrogen) atoms. The Kier molecular flexibility index (Phi) is 12.8. The van der Waals surface area contributed by atoms with Gasteiger partial charge in [0.2, 0.25) is 0 Å². The van der Waals surface area contributed by atoms with E-state index in [0.29, 0.717) is 11.8 Å². The van der Waals surface area contributed by atoms with Gasteiger partial charge in [0.15, 0.2) is 0 Å². The van der Waals surface area contributed by atoms with Gasteiger partial charge in [0.25, 0.3) is 0 Å². The Morgan fingerprint density at radius 3 is 0.735 bits per heavy atom. The van der Waals surface area contributed by atoms with E-state index in [9.17, 15) is 52.7 Å². The fraction of sp³-hybridized carbons (Fsp3) is 0.118. The van der Waals surface area contributed by atoms with Gasteiger partial charge in [-0.1, -0.05) is 48.6 Å². The van der Waals surface area contributed by atoms with Crippen molar-refractivity contribution in [2.45, 2.75) is 24.7 Å². The topological polar surface area (TPSA) is 0 Å². The van der Waals surface area contributed by atoms with Crippen LogP contribution in [0.25, 0.3) is 0 Å². The molecule has 0 saturated heterocycles. The van der Waals surface area contributed by atoms with Gasteiger partial charge in [-0.25, -0.2) is 0 Å². The van der Waals surface area contributed by atoms with Crippen LogP contribution >= 0.6 is 17.0 Å². The molecule has 0 aromatic heterocycles. The van der Waals surface area contributed by atoms with Gasteiger partial charge in [-0.15, -0.1) is 0 Å². The van der Waals surface area contributed by atoms with Gasteiger partial charge in [-0.05, 0) is 73.2 Å². The van der Waals surface area contributed by atoms with Crippen LogP contribution in [0.5, 0.6) is 0 Å². The first kappa shape index (κ1) is 39.8. The molecule has 4 aliphatic carbocycles. The van der Waals surface area contributed by atoms with Gasteiger partial charge in [0.1, 0.15) is 0 Å². The molecule has 0 N–H and O–H groups in total. The third kappa shape index (κ3) is 10.5. The molecule has 2 aromatic rings. The average Bonchev–Trinajstić information content (AvgIpc) is 3.65. The van der Waals surface area contributed by atoms with E-state index < -0.39 is 67.8 Å². The molecule has 2 fully saturated rings. The van der Waals surface area contributed by atoms with Crippen LogP contribution in [0.1, 0.15) is 33.4 Å². The standard InChI is InChI=1S/2C17H9F6.2ClH.Zr/c2*18-16(19,20)14-7-13(8-15(9-14)17(21,22)23)12-5-10-3-1-2-4-11(10)6-12;;;/h2*1-9H;2*1H;/q;;;;+4/p-2. The second kappa shape index (κ2) is 15.7. The van der Waals surface area contributed by atoms with Gasteiger partial charge in [0, 0.05) is 35.5 Å². The summed E-state index contributed by atoms with van der Waals surface area (Å²) in [5.74, 6) is 3.68. The van der Waals surface area contributed by atoms with E-state index in [1.165, 1.54) is 0 Å². The van der Waals surface area contributed by atoms with Crippen molar-refractivity contribution < 1.29 is 73.5 Å². The summed E-state index contributed by atoms with van der Waals surface area (Å²) in [6.07, 6.45) is 0.903. The Labute approximate surface area is 293 Å². The number of alkyl halides is 12. The predicted octanol–water partition coefficient (Wildman–Crippen LogP) is 12.1. The van der Waals surface area contributed by atoms with E-state index in [1.54, 1.807) is 74.3 Å². The molecular weight excluding hydrogens is 798 g/mol. The molecule has 0 heterocycles. The number of benzene rings is 2. The summed E-state index contributed by atoms with van der Waals surface area (Å²) in [6.45, 7) is 0. The maximum absolute atomic E-state index is 12.9. The molecule has 15 heteroatoms. The molecule has 0 bridgehead atoms. The zero-order chi connectivity index (χ0) is 36.4. The molecule has 2 aromatic carbocycles. The van der Waals surface area contributed by atoms with E-state index in [2.05, 4.69) is 0 Å². The fourth-order valence-electron chi connectivity index (χ4n) is 4.88. The van der Waals surface area contributed by atoms with Crippen LogP contribution in [0, 0.1) is 61.2 Å². The molecule has 0 nitrogen and oxygen atoms in total. The Bertz CT molecular complexity index is 1350. The van der Waals surface area contributed by atoms with Crippen molar-refractivity contribution in [1.29, 1.82) is 0 Å². The fourth-order valence-corrected chi connectivity index (χ4v) is 4.88. The molecule has 10 radical (unpaired) electrons. The number of halogens is 14. The summed E-state index contributed by atoms with van der Waals surface area (Å²) < 4.78 is 155. The number of rotatable bonds is 2. The monoisotopic (exact) mass is 814 g/mol. The molecule has 2 saturated carbocycles. The first-order valence-corrected chi connectivity index (χ1v) is 19.9. The second-order valence-electron chi connectivity index (χ2n) is 10.4. The molecule has 0 atom stereocenters. The van der Waals surface area contributed by atoms with Crippen LogP contribution in [0.15, 0.2) is 85.0 Å². The summed E-state index contributed by atoms with van der Waals surface area (Å²) in [7, 11) is 9.87. The summed E-state index contributed by atoms with van der Waals surface area (Å²) >= 11 is -0.826. The van der Waals surface area contributed by atoms with Crippen molar-refractivity contribution in [2.75, 3.05) is 0 Å². The van der Waals surface area contributed by atoms with E-state index in [1.807, 2.05) is 0 Å². The van der Waals surface area contributed by atoms with Gasteiger partial charge >= 0.3 is 62.6 Å². The van der Waals surface area contributed by atoms with Gasteiger partial charge < -0.3 is 0 Å². The van der Waals surface area contributed by atoms with E-state index in [-0.39, 0.29) is 23.3 Å². The van der Waals surface area contributed by atoms with Crippen LogP contribution in [0.4, 0.5) is 52.7 Å². The van der Waals surface area contributed by atoms with Crippen molar-refractivity contribution in [3.63, 3.8) is 0 Å². The Morgan fingerprint density at radius 1 is 0.347 bits per heavy atom. The first-order chi connectivity index (χ1) is 22.7. The minimum absolute atomic E-state index is 0.108. The summed E-state index contributed by atoms with van der Waals surface area (Å²) in [6, 6.07) is 3.22. The molecule has 4 aliphatic rings. The van der Waals surface area contributed by atoms with Crippen molar-refractivity contribution in [3.05, 3.63) is 180 Å². The van der Waals surface area contributed by atoms with Gasteiger partial charge in [-0.3, -0.25) is 0 Å². The Balaban J connectivity index is 0.000000205. The first-order valence-electron chi connectivity index (χ1n) is 13.6. The van der Waals surface area contributed by atoms with E-state index in [0.717, 1.165) is 47.9 Å². The zero-order valence-electron chi connectivity index (χ0n) is 24.2. The van der Waals surface area contributed by atoms with E-state index in [4.69, 9.17) is 17.0 Å². The number of allylic oxidation sites excluding steroid dienone is 8. The summed E-state index contributed by atoms with van der Waals surface area (Å²) in [5, 5.41) is 0. The molecule has 6 rings (SSSR count). The van der Waals surface area contributed by atoms with Crippen LogP contribution in [-0.4, -0.2) is 0 Å². The van der Waals surface area contributed by atoms with Crippen LogP contribution in [0.3, 0.4) is 0 Å². The molecule has 0 amide bonds. The normalized spacial score (nSPS) is 19.2. The molecule has 254 valence electrons. The molecule has 0 spiro atoms. The van der Waals surface area contributed by atoms with Crippen molar-refractivity contribution in [2.24, 2.45) is 0 Å². The summed E-state index contributed by atoms with van der Waals surface area (Å²) in [5.41, 5.74) is -5.47. The average molecular weight is 817 g/mol. The minimum atomic E-state index is -4.85.